The number of aromatic nitrogens is 2. The largest absolute Gasteiger partial charge is 0.493 e. The highest BCUT2D eigenvalue weighted by molar-refractivity contribution is 5.94. The van der Waals surface area contributed by atoms with Gasteiger partial charge in [0.25, 0.3) is 5.91 Å². The van der Waals surface area contributed by atoms with Crippen LogP contribution in [-0.2, 0) is 0 Å². The van der Waals surface area contributed by atoms with Gasteiger partial charge in [-0.15, -0.1) is 0 Å². The van der Waals surface area contributed by atoms with Crippen LogP contribution in [0.2, 0.25) is 0 Å². The predicted molar refractivity (Wildman–Crippen MR) is 121 cm³/mol. The Bertz CT molecular complexity index is 1250. The van der Waals surface area contributed by atoms with Crippen LogP contribution in [0.1, 0.15) is 29.9 Å². The number of hydrazone groups is 1. The summed E-state index contributed by atoms with van der Waals surface area (Å²) >= 11 is 0. The van der Waals surface area contributed by atoms with Crippen molar-refractivity contribution in [1.82, 2.24) is 15.4 Å². The van der Waals surface area contributed by atoms with Crippen molar-refractivity contribution < 1.29 is 19.2 Å². The number of nitro groups is 1. The molecule has 1 heterocycles. The third kappa shape index (κ3) is 5.79. The van der Waals surface area contributed by atoms with Gasteiger partial charge < -0.3 is 14.5 Å². The molecule has 1 amide bonds. The van der Waals surface area contributed by atoms with Crippen LogP contribution in [0.4, 0.5) is 5.69 Å². The zero-order valence-corrected chi connectivity index (χ0v) is 18.1. The maximum absolute atomic E-state index is 12.5. The fourth-order valence-electron chi connectivity index (χ4n) is 2.89. The second kappa shape index (κ2) is 10.2. The molecule has 33 heavy (non-hydrogen) atoms. The Balaban J connectivity index is 1.83. The van der Waals surface area contributed by atoms with Gasteiger partial charge in [0, 0.05) is 17.2 Å². The average Bonchev–Trinajstić information content (AvgIpc) is 2.79. The topological polar surface area (TPSA) is 149 Å². The Labute approximate surface area is 188 Å². The monoisotopic (exact) mass is 451 g/mol. The van der Waals surface area contributed by atoms with E-state index in [1.165, 1.54) is 31.5 Å². The van der Waals surface area contributed by atoms with Crippen LogP contribution >= 0.6 is 0 Å². The molecule has 170 valence electrons. The normalized spacial score (nSPS) is 10.9. The first-order valence-corrected chi connectivity index (χ1v) is 9.81. The SMILES string of the molecule is COc1cc(/C=N/NC(=O)c2cc(-c3ccccc3)nc(=O)[nH]2)cc([N+](=O)[O-])c1OC(C)C. The molecule has 3 rings (SSSR count). The highest BCUT2D eigenvalue weighted by Crippen LogP contribution is 2.38. The summed E-state index contributed by atoms with van der Waals surface area (Å²) in [5.74, 6) is -0.540. The molecule has 1 aromatic heterocycles. The molecule has 2 aromatic carbocycles. The van der Waals surface area contributed by atoms with Crippen molar-refractivity contribution >= 4 is 17.8 Å². The van der Waals surface area contributed by atoms with E-state index in [1.807, 2.05) is 6.07 Å². The minimum atomic E-state index is -0.691. The van der Waals surface area contributed by atoms with E-state index in [0.29, 0.717) is 16.8 Å². The molecule has 0 spiro atoms. The highest BCUT2D eigenvalue weighted by atomic mass is 16.6. The molecule has 11 nitrogen and oxygen atoms in total. The van der Waals surface area contributed by atoms with Gasteiger partial charge in [-0.1, -0.05) is 30.3 Å². The van der Waals surface area contributed by atoms with Gasteiger partial charge in [0.1, 0.15) is 5.69 Å². The fraction of sp³-hybridized carbons (Fsp3) is 0.182. The lowest BCUT2D eigenvalue weighted by atomic mass is 10.1. The van der Waals surface area contributed by atoms with Crippen LogP contribution in [0.3, 0.4) is 0 Å². The summed E-state index contributed by atoms with van der Waals surface area (Å²) in [6, 6.07) is 13.1. The summed E-state index contributed by atoms with van der Waals surface area (Å²) < 4.78 is 10.7. The third-order valence-electron chi connectivity index (χ3n) is 4.27. The third-order valence-corrected chi connectivity index (χ3v) is 4.27. The van der Waals surface area contributed by atoms with Crippen molar-refractivity contribution in [2.75, 3.05) is 7.11 Å². The average molecular weight is 451 g/mol. The highest BCUT2D eigenvalue weighted by Gasteiger charge is 2.23. The number of nitrogens with zero attached hydrogens (tertiary/aromatic N) is 3. The number of methoxy groups -OCH3 is 1. The van der Waals surface area contributed by atoms with Gasteiger partial charge >= 0.3 is 11.4 Å². The Morgan fingerprint density at radius 2 is 1.97 bits per heavy atom. The summed E-state index contributed by atoms with van der Waals surface area (Å²) in [5, 5.41) is 15.3. The minimum Gasteiger partial charge on any atom is -0.493 e. The molecule has 2 N–H and O–H groups in total. The van der Waals surface area contributed by atoms with Crippen molar-refractivity contribution in [3.05, 3.63) is 80.4 Å². The number of H-pyrrole nitrogens is 1. The number of hydrogen-bond acceptors (Lipinski definition) is 8. The van der Waals surface area contributed by atoms with Crippen molar-refractivity contribution in [2.45, 2.75) is 20.0 Å². The van der Waals surface area contributed by atoms with Crippen LogP contribution < -0.4 is 20.6 Å². The van der Waals surface area contributed by atoms with E-state index >= 15 is 0 Å². The van der Waals surface area contributed by atoms with Crippen molar-refractivity contribution in [1.29, 1.82) is 0 Å². The van der Waals surface area contributed by atoms with E-state index in [4.69, 9.17) is 9.47 Å². The predicted octanol–water partition coefficient (Wildman–Crippen LogP) is 2.90. The number of ether oxygens (including phenoxy) is 2. The molecular formula is C22H21N5O6. The van der Waals surface area contributed by atoms with E-state index in [1.54, 1.807) is 38.1 Å². The molecule has 0 saturated carbocycles. The summed E-state index contributed by atoms with van der Waals surface area (Å²) in [5.41, 5.74) is 2.53. The van der Waals surface area contributed by atoms with Gasteiger partial charge in [-0.05, 0) is 26.0 Å². The molecule has 0 aliphatic heterocycles. The molecule has 0 unspecified atom stereocenters. The first-order valence-electron chi connectivity index (χ1n) is 9.81. The van der Waals surface area contributed by atoms with Gasteiger partial charge in [-0.2, -0.15) is 10.1 Å². The molecule has 0 radical (unpaired) electrons. The second-order valence-electron chi connectivity index (χ2n) is 7.05. The maximum Gasteiger partial charge on any atom is 0.346 e. The molecule has 11 heteroatoms. The summed E-state index contributed by atoms with van der Waals surface area (Å²) in [6.07, 6.45) is 0.906. The Kier molecular flexibility index (Phi) is 7.13. The number of carbonyl (C=O) groups excluding carboxylic acids is 1. The number of rotatable bonds is 8. The Morgan fingerprint density at radius 1 is 1.24 bits per heavy atom. The van der Waals surface area contributed by atoms with Gasteiger partial charge in [0.2, 0.25) is 5.75 Å². The summed E-state index contributed by atoms with van der Waals surface area (Å²) in [6.45, 7) is 3.47. The first kappa shape index (κ1) is 23.1. The molecule has 0 aliphatic rings. The number of benzene rings is 2. The molecule has 3 aromatic rings. The molecule has 0 saturated heterocycles. The number of nitrogens with one attached hydrogen (secondary N) is 2. The molecular weight excluding hydrogens is 430 g/mol. The minimum absolute atomic E-state index is 0.00138. The molecule has 0 bridgehead atoms. The Hall–Kier alpha value is -4.54. The number of hydrogen-bond donors (Lipinski definition) is 2. The molecule has 0 fully saturated rings. The van der Waals surface area contributed by atoms with E-state index in [2.05, 4.69) is 20.5 Å². The van der Waals surface area contributed by atoms with Crippen LogP contribution in [0.15, 0.2) is 58.4 Å². The molecule has 0 aliphatic carbocycles. The first-order chi connectivity index (χ1) is 15.8. The number of aromatic amines is 1. The Morgan fingerprint density at radius 3 is 2.61 bits per heavy atom. The summed E-state index contributed by atoms with van der Waals surface area (Å²) in [4.78, 5) is 41.5. The maximum atomic E-state index is 12.5. The standard InChI is InChI=1S/C22H21N5O6/c1-13(2)33-20-18(27(30)31)9-14(10-19(20)32-3)12-23-26-21(28)17-11-16(24-22(29)25-17)15-7-5-4-6-8-15/h4-13H,1-3H3,(H,26,28)(H,24,25,29)/b23-12+. The lowest BCUT2D eigenvalue weighted by molar-refractivity contribution is -0.386. The van der Waals surface area contributed by atoms with Crippen LogP contribution in [0.5, 0.6) is 11.5 Å². The lowest BCUT2D eigenvalue weighted by Gasteiger charge is -2.14. The second-order valence-corrected chi connectivity index (χ2v) is 7.05. The van der Waals surface area contributed by atoms with E-state index in [0.717, 1.165) is 0 Å². The van der Waals surface area contributed by atoms with Crippen LogP contribution in [-0.4, -0.2) is 40.2 Å². The van der Waals surface area contributed by atoms with Crippen molar-refractivity contribution in [2.24, 2.45) is 5.10 Å². The number of nitro benzene ring substituents is 1. The van der Waals surface area contributed by atoms with Gasteiger partial charge in [0.15, 0.2) is 5.75 Å². The van der Waals surface area contributed by atoms with Gasteiger partial charge in [-0.3, -0.25) is 14.9 Å². The van der Waals surface area contributed by atoms with E-state index < -0.39 is 16.5 Å². The molecule has 0 atom stereocenters. The smallest absolute Gasteiger partial charge is 0.346 e. The fourth-order valence-corrected chi connectivity index (χ4v) is 2.89. The van der Waals surface area contributed by atoms with Crippen LogP contribution in [0, 0.1) is 10.1 Å². The van der Waals surface area contributed by atoms with E-state index in [-0.39, 0.29) is 29.0 Å². The number of carbonyl (C=O) groups is 1. The number of amides is 1. The van der Waals surface area contributed by atoms with Crippen LogP contribution in [0.25, 0.3) is 11.3 Å². The van der Waals surface area contributed by atoms with Crippen molar-refractivity contribution in [3.63, 3.8) is 0 Å². The van der Waals surface area contributed by atoms with Gasteiger partial charge in [-0.25, -0.2) is 10.2 Å². The summed E-state index contributed by atoms with van der Waals surface area (Å²) in [7, 11) is 1.36. The zero-order chi connectivity index (χ0) is 24.0. The lowest BCUT2D eigenvalue weighted by Crippen LogP contribution is -2.24. The van der Waals surface area contributed by atoms with Gasteiger partial charge in [0.05, 0.1) is 30.0 Å². The quantitative estimate of drug-likeness (QED) is 0.304. The zero-order valence-electron chi connectivity index (χ0n) is 18.1. The van der Waals surface area contributed by atoms with Crippen molar-refractivity contribution in [3.8, 4) is 22.8 Å². The van der Waals surface area contributed by atoms with E-state index in [9.17, 15) is 19.7 Å².